The molecule has 2 saturated heterocycles. The first kappa shape index (κ1) is 15.7. The Morgan fingerprint density at radius 2 is 1.74 bits per heavy atom. The summed E-state index contributed by atoms with van der Waals surface area (Å²) in [5.74, 6) is 0.653. The lowest BCUT2D eigenvalue weighted by Gasteiger charge is -2.43. The van der Waals surface area contributed by atoms with E-state index in [2.05, 4.69) is 26.1 Å². The second kappa shape index (κ2) is 7.36. The van der Waals surface area contributed by atoms with Gasteiger partial charge in [-0.2, -0.15) is 0 Å². The van der Waals surface area contributed by atoms with E-state index < -0.39 is 18.1 Å². The Morgan fingerprint density at radius 3 is 2.26 bits per heavy atom. The molecule has 2 heterocycles. The minimum atomic E-state index is -1.13. The molecule has 0 aromatic heterocycles. The third-order valence-electron chi connectivity index (χ3n) is 5.03. The van der Waals surface area contributed by atoms with Crippen molar-refractivity contribution in [3.8, 4) is 0 Å². The molecule has 2 rings (SSSR count). The fourth-order valence-corrected chi connectivity index (χ4v) is 9.15. The van der Waals surface area contributed by atoms with Gasteiger partial charge in [0.25, 0.3) is 0 Å². The van der Waals surface area contributed by atoms with Crippen LogP contribution in [-0.2, 0) is 8.85 Å². The van der Waals surface area contributed by atoms with Crippen LogP contribution in [0, 0.1) is 5.92 Å². The van der Waals surface area contributed by atoms with Gasteiger partial charge < -0.3 is 14.2 Å². The summed E-state index contributed by atoms with van der Waals surface area (Å²) in [7, 11) is -2.10. The molecule has 2 aliphatic heterocycles. The monoisotopic (exact) mass is 301 g/mol. The van der Waals surface area contributed by atoms with Crippen LogP contribution < -0.4 is 5.32 Å². The van der Waals surface area contributed by atoms with Gasteiger partial charge >= 0.3 is 0 Å². The Bertz CT molecular complexity index is 266. The third-order valence-corrected chi connectivity index (χ3v) is 11.2. The highest BCUT2D eigenvalue weighted by Crippen LogP contribution is 2.27. The van der Waals surface area contributed by atoms with Gasteiger partial charge in [-0.3, -0.25) is 0 Å². The smallest absolute Gasteiger partial charge is 0.196 e. The van der Waals surface area contributed by atoms with Crippen molar-refractivity contribution < 1.29 is 8.85 Å². The van der Waals surface area contributed by atoms with Crippen LogP contribution in [0.15, 0.2) is 0 Å². The van der Waals surface area contributed by atoms with E-state index in [-0.39, 0.29) is 5.16 Å². The number of hydrogen-bond donors (Lipinski definition) is 1. The summed E-state index contributed by atoms with van der Waals surface area (Å²) in [4.78, 5) is 0. The maximum absolute atomic E-state index is 6.20. The van der Waals surface area contributed by atoms with Crippen molar-refractivity contribution >= 4 is 18.1 Å². The maximum atomic E-state index is 6.20. The van der Waals surface area contributed by atoms with Gasteiger partial charge in [0.05, 0.1) is 0 Å². The van der Waals surface area contributed by atoms with Crippen molar-refractivity contribution in [2.24, 2.45) is 5.92 Å². The molecule has 2 aliphatic rings. The predicted octanol–water partition coefficient (Wildman–Crippen LogP) is 2.14. The molecule has 0 aromatic carbocycles. The summed E-state index contributed by atoms with van der Waals surface area (Å²) < 4.78 is 12.2. The van der Waals surface area contributed by atoms with Gasteiger partial charge in [-0.1, -0.05) is 26.7 Å². The highest BCUT2D eigenvalue weighted by Gasteiger charge is 2.40. The Morgan fingerprint density at radius 1 is 1.05 bits per heavy atom. The second-order valence-electron chi connectivity index (χ2n) is 6.66. The summed E-state index contributed by atoms with van der Waals surface area (Å²) in [6, 6.07) is 2.70. The molecule has 2 fully saturated rings. The van der Waals surface area contributed by atoms with Crippen LogP contribution in [0.1, 0.15) is 46.5 Å². The summed E-state index contributed by atoms with van der Waals surface area (Å²) >= 11 is 0. The molecule has 0 aliphatic carbocycles. The first-order valence-corrected chi connectivity index (χ1v) is 12.1. The zero-order chi connectivity index (χ0) is 13.7. The first-order chi connectivity index (χ1) is 9.13. The summed E-state index contributed by atoms with van der Waals surface area (Å²) in [6.45, 7) is 9.12. The second-order valence-corrected chi connectivity index (χ2v) is 12.3. The molecule has 112 valence electrons. The fourth-order valence-electron chi connectivity index (χ4n) is 3.21. The highest BCUT2D eigenvalue weighted by molar-refractivity contribution is 6.56. The van der Waals surface area contributed by atoms with E-state index in [1.54, 1.807) is 0 Å². The Kier molecular flexibility index (Phi) is 6.08. The van der Waals surface area contributed by atoms with Crippen LogP contribution in [0.5, 0.6) is 0 Å². The molecular formula is C14H31NO2Si2. The van der Waals surface area contributed by atoms with E-state index in [1.807, 2.05) is 0 Å². The molecule has 0 bridgehead atoms. The molecule has 3 nitrogen and oxygen atoms in total. The molecule has 0 amide bonds. The Balaban J connectivity index is 1.89. The van der Waals surface area contributed by atoms with Crippen molar-refractivity contribution in [2.75, 3.05) is 19.4 Å². The Labute approximate surface area is 121 Å². The molecule has 0 saturated carbocycles. The van der Waals surface area contributed by atoms with Crippen LogP contribution in [-0.4, -0.2) is 42.6 Å². The minimum absolute atomic E-state index is 0.244. The first-order valence-electron chi connectivity index (χ1n) is 8.11. The zero-order valence-electron chi connectivity index (χ0n) is 12.9. The van der Waals surface area contributed by atoms with E-state index in [9.17, 15) is 0 Å². The molecular weight excluding hydrogens is 270 g/mol. The summed E-state index contributed by atoms with van der Waals surface area (Å²) in [6.07, 6.45) is 6.43. The average Bonchev–Trinajstić information content (AvgIpc) is 2.46. The van der Waals surface area contributed by atoms with E-state index in [4.69, 9.17) is 8.85 Å². The van der Waals surface area contributed by atoms with Crippen LogP contribution in [0.2, 0.25) is 12.1 Å². The van der Waals surface area contributed by atoms with E-state index in [1.165, 1.54) is 37.8 Å². The van der Waals surface area contributed by atoms with E-state index in [0.29, 0.717) is 5.92 Å². The third kappa shape index (κ3) is 4.14. The lowest BCUT2D eigenvalue weighted by atomic mass is 10.1. The zero-order valence-corrected chi connectivity index (χ0v) is 15.2. The average molecular weight is 302 g/mol. The quantitative estimate of drug-likeness (QED) is 0.789. The van der Waals surface area contributed by atoms with Crippen molar-refractivity contribution in [1.82, 2.24) is 5.32 Å². The molecule has 0 aromatic rings. The standard InChI is InChI=1S/C14H31NO2Si2/c1-13(2)14(3,19-11-7-5-9-17-19)15-12-18-10-6-4-8-16-18/h13,15,18-19H,4-12H2,1-3H3. The van der Waals surface area contributed by atoms with Crippen LogP contribution in [0.3, 0.4) is 0 Å². The largest absolute Gasteiger partial charge is 0.419 e. The number of rotatable bonds is 5. The van der Waals surface area contributed by atoms with E-state index in [0.717, 1.165) is 19.4 Å². The lowest BCUT2D eigenvalue weighted by Crippen LogP contribution is -2.62. The normalized spacial score (nSPS) is 32.2. The van der Waals surface area contributed by atoms with Gasteiger partial charge in [0.1, 0.15) is 0 Å². The van der Waals surface area contributed by atoms with Crippen LogP contribution in [0.25, 0.3) is 0 Å². The van der Waals surface area contributed by atoms with Crippen molar-refractivity contribution in [3.63, 3.8) is 0 Å². The number of nitrogens with one attached hydrogen (secondary N) is 1. The molecule has 0 radical (unpaired) electrons. The lowest BCUT2D eigenvalue weighted by molar-refractivity contribution is 0.232. The van der Waals surface area contributed by atoms with Gasteiger partial charge in [-0.25, -0.2) is 0 Å². The molecule has 1 N–H and O–H groups in total. The molecule has 3 atom stereocenters. The van der Waals surface area contributed by atoms with Crippen molar-refractivity contribution in [3.05, 3.63) is 0 Å². The minimum Gasteiger partial charge on any atom is -0.419 e. The summed E-state index contributed by atoms with van der Waals surface area (Å²) in [5, 5.41) is 4.15. The predicted molar refractivity (Wildman–Crippen MR) is 85.5 cm³/mol. The van der Waals surface area contributed by atoms with Gasteiger partial charge in [-0.15, -0.1) is 0 Å². The van der Waals surface area contributed by atoms with Crippen LogP contribution >= 0.6 is 0 Å². The van der Waals surface area contributed by atoms with Crippen LogP contribution in [0.4, 0.5) is 0 Å². The molecule has 0 spiro atoms. The molecule has 3 unspecified atom stereocenters. The Hall–Kier alpha value is 0.314. The van der Waals surface area contributed by atoms with Gasteiger partial charge in [-0.05, 0) is 37.8 Å². The summed E-state index contributed by atoms with van der Waals surface area (Å²) in [5.41, 5.74) is 0. The van der Waals surface area contributed by atoms with Gasteiger partial charge in [0, 0.05) is 24.5 Å². The van der Waals surface area contributed by atoms with Gasteiger partial charge in [0.2, 0.25) is 0 Å². The van der Waals surface area contributed by atoms with Crippen molar-refractivity contribution in [2.45, 2.75) is 63.7 Å². The topological polar surface area (TPSA) is 30.5 Å². The van der Waals surface area contributed by atoms with Crippen molar-refractivity contribution in [1.29, 1.82) is 0 Å². The fraction of sp³-hybridized carbons (Fsp3) is 1.00. The SMILES string of the molecule is CC(C)C(C)(NC[SiH]1CCCCO1)[SiH]1CCCCO1. The maximum Gasteiger partial charge on any atom is 0.196 e. The highest BCUT2D eigenvalue weighted by atomic mass is 28.3. The van der Waals surface area contributed by atoms with Gasteiger partial charge in [0.15, 0.2) is 18.1 Å². The molecule has 5 heteroatoms. The number of hydrogen-bond acceptors (Lipinski definition) is 3. The molecule has 19 heavy (non-hydrogen) atoms. The van der Waals surface area contributed by atoms with E-state index >= 15 is 0 Å².